The van der Waals surface area contributed by atoms with Gasteiger partial charge in [-0.15, -0.1) is 23.1 Å². The first-order chi connectivity index (χ1) is 13.9. The maximum atomic E-state index is 12.6. The number of nitrogens with two attached hydrogens (primary N) is 1. The molecule has 2 heterocycles. The summed E-state index contributed by atoms with van der Waals surface area (Å²) in [4.78, 5) is 29.4. The fraction of sp³-hybridized carbons (Fsp3) is 0.455. The van der Waals surface area contributed by atoms with Crippen LogP contribution in [0, 0.1) is 0 Å². The summed E-state index contributed by atoms with van der Waals surface area (Å²) in [6.07, 6.45) is 2.17. The van der Waals surface area contributed by atoms with Gasteiger partial charge in [-0.1, -0.05) is 32.9 Å². The van der Waals surface area contributed by atoms with Crippen LogP contribution in [0.3, 0.4) is 0 Å². The molecule has 3 N–H and O–H groups in total. The molecule has 0 fully saturated rings. The van der Waals surface area contributed by atoms with Crippen molar-refractivity contribution in [3.63, 3.8) is 0 Å². The Morgan fingerprint density at radius 2 is 2.00 bits per heavy atom. The summed E-state index contributed by atoms with van der Waals surface area (Å²) >= 11 is 3.29. The number of hydrogen-bond donors (Lipinski definition) is 2. The van der Waals surface area contributed by atoms with Crippen molar-refractivity contribution in [2.24, 2.45) is 5.73 Å². The second-order valence-corrected chi connectivity index (χ2v) is 10.4. The zero-order valence-electron chi connectivity index (χ0n) is 17.3. The molecule has 29 heavy (non-hydrogen) atoms. The molecular formula is C22H29N3O2S2. The highest BCUT2D eigenvalue weighted by atomic mass is 32.2. The van der Waals surface area contributed by atoms with E-state index in [9.17, 15) is 9.59 Å². The number of amides is 2. The first-order valence-corrected chi connectivity index (χ1v) is 11.8. The minimum atomic E-state index is -0.461. The van der Waals surface area contributed by atoms with E-state index in [1.54, 1.807) is 11.8 Å². The third-order valence-corrected chi connectivity index (χ3v) is 6.98. The van der Waals surface area contributed by atoms with Crippen molar-refractivity contribution in [3.8, 4) is 0 Å². The van der Waals surface area contributed by atoms with Crippen molar-refractivity contribution in [2.45, 2.75) is 56.7 Å². The predicted molar refractivity (Wildman–Crippen MR) is 122 cm³/mol. The number of rotatable bonds is 8. The predicted octanol–water partition coefficient (Wildman–Crippen LogP) is 4.30. The molecule has 1 aromatic heterocycles. The molecule has 2 amide bonds. The van der Waals surface area contributed by atoms with Crippen LogP contribution in [-0.2, 0) is 24.2 Å². The van der Waals surface area contributed by atoms with E-state index in [4.69, 9.17) is 5.73 Å². The maximum Gasteiger partial charge on any atom is 0.251 e. The Kier molecular flexibility index (Phi) is 7.38. The summed E-state index contributed by atoms with van der Waals surface area (Å²) in [5, 5.41) is 4.06. The molecule has 2 aromatic rings. The normalized spacial score (nSPS) is 14.1. The molecule has 0 spiro atoms. The highest BCUT2D eigenvalue weighted by Gasteiger charge is 2.27. The lowest BCUT2D eigenvalue weighted by molar-refractivity contribution is -0.115. The standard InChI is InChI=1S/C22H29N3O2S2/c1-4-10-25-11-9-17-18(13-25)29-22(20(17)21(23)27)24-19(26)12-15-5-7-16(8-6-15)28-14(2)3/h5-8,14H,4,9-13H2,1-3H3,(H2,23,27)(H,24,26). The largest absolute Gasteiger partial charge is 0.365 e. The van der Waals surface area contributed by atoms with E-state index in [2.05, 4.69) is 31.0 Å². The summed E-state index contributed by atoms with van der Waals surface area (Å²) in [6, 6.07) is 8.07. The highest BCUT2D eigenvalue weighted by molar-refractivity contribution is 7.99. The Morgan fingerprint density at radius 1 is 1.28 bits per heavy atom. The van der Waals surface area contributed by atoms with Crippen LogP contribution in [-0.4, -0.2) is 35.1 Å². The quantitative estimate of drug-likeness (QED) is 0.611. The van der Waals surface area contributed by atoms with Gasteiger partial charge in [0.05, 0.1) is 12.0 Å². The number of benzene rings is 1. The van der Waals surface area contributed by atoms with Crippen molar-refractivity contribution in [3.05, 3.63) is 45.8 Å². The number of hydrogen-bond acceptors (Lipinski definition) is 5. The molecule has 0 saturated heterocycles. The van der Waals surface area contributed by atoms with Crippen molar-refractivity contribution in [2.75, 3.05) is 18.4 Å². The Bertz CT molecular complexity index is 875. The van der Waals surface area contributed by atoms with Crippen LogP contribution in [0.15, 0.2) is 29.2 Å². The smallest absolute Gasteiger partial charge is 0.251 e. The molecule has 1 aliphatic heterocycles. The first kappa shape index (κ1) is 21.9. The van der Waals surface area contributed by atoms with Gasteiger partial charge >= 0.3 is 0 Å². The van der Waals surface area contributed by atoms with E-state index in [1.807, 2.05) is 24.3 Å². The lowest BCUT2D eigenvalue weighted by Crippen LogP contribution is -2.31. The molecule has 0 radical (unpaired) electrons. The number of carbonyl (C=O) groups is 2. The van der Waals surface area contributed by atoms with Crippen LogP contribution in [0.25, 0.3) is 0 Å². The van der Waals surface area contributed by atoms with Gasteiger partial charge in [0.1, 0.15) is 5.00 Å². The third kappa shape index (κ3) is 5.62. The van der Waals surface area contributed by atoms with Gasteiger partial charge in [0.25, 0.3) is 5.91 Å². The summed E-state index contributed by atoms with van der Waals surface area (Å²) in [5.41, 5.74) is 8.12. The number of fused-ring (bicyclic) bond motifs is 1. The van der Waals surface area contributed by atoms with Gasteiger partial charge in [-0.2, -0.15) is 0 Å². The van der Waals surface area contributed by atoms with Gasteiger partial charge in [0, 0.05) is 28.1 Å². The number of carbonyl (C=O) groups excluding carboxylic acids is 2. The van der Waals surface area contributed by atoms with Gasteiger partial charge in [-0.05, 0) is 42.6 Å². The average Bonchev–Trinajstić information content (AvgIpc) is 3.00. The van der Waals surface area contributed by atoms with Gasteiger partial charge in [-0.25, -0.2) is 0 Å². The minimum absolute atomic E-state index is 0.124. The van der Waals surface area contributed by atoms with E-state index in [0.29, 0.717) is 15.8 Å². The number of anilines is 1. The van der Waals surface area contributed by atoms with Gasteiger partial charge in [0.15, 0.2) is 0 Å². The van der Waals surface area contributed by atoms with E-state index in [0.717, 1.165) is 48.5 Å². The third-order valence-electron chi connectivity index (χ3n) is 4.83. The van der Waals surface area contributed by atoms with Crippen LogP contribution in [0.1, 0.15) is 53.6 Å². The van der Waals surface area contributed by atoms with Gasteiger partial charge in [0.2, 0.25) is 5.91 Å². The Morgan fingerprint density at radius 3 is 2.62 bits per heavy atom. The SMILES string of the molecule is CCCN1CCc2c(sc(NC(=O)Cc3ccc(SC(C)C)cc3)c2C(N)=O)C1. The number of nitrogens with one attached hydrogen (secondary N) is 1. The monoisotopic (exact) mass is 431 g/mol. The molecule has 0 aliphatic carbocycles. The van der Waals surface area contributed by atoms with Crippen LogP contribution in [0.2, 0.25) is 0 Å². The molecule has 1 aliphatic rings. The lowest BCUT2D eigenvalue weighted by atomic mass is 10.0. The molecule has 5 nitrogen and oxygen atoms in total. The Hall–Kier alpha value is -1.83. The second-order valence-electron chi connectivity index (χ2n) is 7.63. The fourth-order valence-electron chi connectivity index (χ4n) is 3.63. The van der Waals surface area contributed by atoms with Crippen LogP contribution in [0.5, 0.6) is 0 Å². The maximum absolute atomic E-state index is 12.6. The number of nitrogens with zero attached hydrogens (tertiary/aromatic N) is 1. The number of thiophene rings is 1. The summed E-state index contributed by atoms with van der Waals surface area (Å²) in [6.45, 7) is 9.26. The van der Waals surface area contributed by atoms with E-state index in [1.165, 1.54) is 16.2 Å². The molecule has 0 unspecified atom stereocenters. The topological polar surface area (TPSA) is 75.4 Å². The number of thioether (sulfide) groups is 1. The second kappa shape index (κ2) is 9.78. The van der Waals surface area contributed by atoms with E-state index >= 15 is 0 Å². The molecular weight excluding hydrogens is 402 g/mol. The van der Waals surface area contributed by atoms with Crippen molar-refractivity contribution in [1.82, 2.24) is 4.90 Å². The highest BCUT2D eigenvalue weighted by Crippen LogP contribution is 2.37. The van der Waals surface area contributed by atoms with E-state index in [-0.39, 0.29) is 12.3 Å². The average molecular weight is 432 g/mol. The molecule has 1 aromatic carbocycles. The van der Waals surface area contributed by atoms with Crippen molar-refractivity contribution < 1.29 is 9.59 Å². The molecule has 156 valence electrons. The first-order valence-electron chi connectivity index (χ1n) is 10.1. The zero-order chi connectivity index (χ0) is 21.0. The summed E-state index contributed by atoms with van der Waals surface area (Å²) < 4.78 is 0. The molecule has 0 atom stereocenters. The molecule has 7 heteroatoms. The van der Waals surface area contributed by atoms with Crippen LogP contribution < -0.4 is 11.1 Å². The fourth-order valence-corrected chi connectivity index (χ4v) is 5.78. The minimum Gasteiger partial charge on any atom is -0.365 e. The van der Waals surface area contributed by atoms with Gasteiger partial charge in [-0.3, -0.25) is 14.5 Å². The van der Waals surface area contributed by atoms with Gasteiger partial charge < -0.3 is 11.1 Å². The van der Waals surface area contributed by atoms with Crippen molar-refractivity contribution >= 4 is 39.9 Å². The summed E-state index contributed by atoms with van der Waals surface area (Å²) in [5.74, 6) is -0.586. The van der Waals surface area contributed by atoms with Crippen LogP contribution in [0.4, 0.5) is 5.00 Å². The molecule has 0 bridgehead atoms. The summed E-state index contributed by atoms with van der Waals surface area (Å²) in [7, 11) is 0. The van der Waals surface area contributed by atoms with Crippen LogP contribution >= 0.6 is 23.1 Å². The molecule has 0 saturated carbocycles. The number of primary amides is 1. The Labute approximate surface area is 181 Å². The van der Waals surface area contributed by atoms with E-state index < -0.39 is 5.91 Å². The molecule has 3 rings (SSSR count). The lowest BCUT2D eigenvalue weighted by Gasteiger charge is -2.26. The Balaban J connectivity index is 1.71. The van der Waals surface area contributed by atoms with Crippen molar-refractivity contribution in [1.29, 1.82) is 0 Å². The zero-order valence-corrected chi connectivity index (χ0v) is 18.9.